The summed E-state index contributed by atoms with van der Waals surface area (Å²) in [7, 11) is 0. The van der Waals surface area contributed by atoms with Gasteiger partial charge in [-0.15, -0.1) is 0 Å². The lowest BCUT2D eigenvalue weighted by atomic mass is 9.99. The number of carbonyl (C=O) groups excluding carboxylic acids is 3. The summed E-state index contributed by atoms with van der Waals surface area (Å²) in [5.74, 6) is 1.79. The number of aromatic nitrogens is 3. The van der Waals surface area contributed by atoms with E-state index in [1.165, 1.54) is 0 Å². The Hall–Kier alpha value is -4.44. The average molecular weight is 643 g/mol. The Morgan fingerprint density at radius 1 is 0.978 bits per heavy atom. The van der Waals surface area contributed by atoms with Crippen molar-refractivity contribution in [2.45, 2.75) is 71.0 Å². The van der Waals surface area contributed by atoms with E-state index in [-0.39, 0.29) is 24.1 Å². The zero-order valence-corrected chi connectivity index (χ0v) is 27.0. The molecule has 2 aromatic carbocycles. The van der Waals surface area contributed by atoms with Gasteiger partial charge in [0.25, 0.3) is 5.91 Å². The Bertz CT molecular complexity index is 1720. The number of amides is 3. The number of carbonyl (C=O) groups is 3. The van der Waals surface area contributed by atoms with Gasteiger partial charge in [0.05, 0.1) is 23.2 Å². The van der Waals surface area contributed by atoms with Gasteiger partial charge in [0.2, 0.25) is 11.8 Å². The van der Waals surface area contributed by atoms with Crippen LogP contribution in [-0.2, 0) is 22.6 Å². The third-order valence-corrected chi connectivity index (χ3v) is 9.15. The average Bonchev–Trinajstić information content (AvgIpc) is 3.63. The lowest BCUT2D eigenvalue weighted by Gasteiger charge is -2.36. The Morgan fingerprint density at radius 2 is 1.76 bits per heavy atom. The first kappa shape index (κ1) is 31.5. The molecule has 0 unspecified atom stereocenters. The first-order valence-corrected chi connectivity index (χ1v) is 16.4. The fourth-order valence-corrected chi connectivity index (χ4v) is 6.70. The quantitative estimate of drug-likeness (QED) is 0.313. The van der Waals surface area contributed by atoms with Gasteiger partial charge >= 0.3 is 0 Å². The summed E-state index contributed by atoms with van der Waals surface area (Å²) in [5.41, 5.74) is 2.20. The van der Waals surface area contributed by atoms with Crippen molar-refractivity contribution >= 4 is 29.3 Å². The lowest BCUT2D eigenvalue weighted by molar-refractivity contribution is -0.142. The van der Waals surface area contributed by atoms with E-state index >= 15 is 0 Å². The van der Waals surface area contributed by atoms with Gasteiger partial charge < -0.3 is 19.5 Å². The number of hydrogen-bond acceptors (Lipinski definition) is 6. The van der Waals surface area contributed by atoms with Gasteiger partial charge in [0, 0.05) is 31.6 Å². The Balaban J connectivity index is 1.34. The van der Waals surface area contributed by atoms with Crippen LogP contribution in [-0.4, -0.2) is 68.0 Å². The highest BCUT2D eigenvalue weighted by Crippen LogP contribution is 2.32. The van der Waals surface area contributed by atoms with Crippen LogP contribution in [0.15, 0.2) is 65.1 Å². The summed E-state index contributed by atoms with van der Waals surface area (Å²) in [4.78, 5) is 49.7. The molecule has 0 spiro atoms. The Morgan fingerprint density at radius 3 is 2.57 bits per heavy atom. The van der Waals surface area contributed by atoms with Crippen molar-refractivity contribution in [1.29, 1.82) is 0 Å². The summed E-state index contributed by atoms with van der Waals surface area (Å²) in [6, 6.07) is 18.0. The largest absolute Gasteiger partial charge is 0.460 e. The molecule has 0 aliphatic carbocycles. The van der Waals surface area contributed by atoms with E-state index < -0.39 is 12.1 Å². The molecular formula is C35H39ClN6O4. The monoisotopic (exact) mass is 642 g/mol. The van der Waals surface area contributed by atoms with Gasteiger partial charge in [-0.3, -0.25) is 14.4 Å². The van der Waals surface area contributed by atoms with Crippen LogP contribution < -0.4 is 5.32 Å². The minimum atomic E-state index is -0.547. The molecule has 1 fully saturated rings. The van der Waals surface area contributed by atoms with Crippen LogP contribution in [0.4, 0.5) is 0 Å². The molecule has 1 N–H and O–H groups in total. The second-order valence-corrected chi connectivity index (χ2v) is 12.5. The third kappa shape index (κ3) is 6.87. The van der Waals surface area contributed by atoms with Crippen LogP contribution in [0.2, 0.25) is 5.02 Å². The van der Waals surface area contributed by atoms with E-state index in [9.17, 15) is 14.4 Å². The lowest BCUT2D eigenvalue weighted by Crippen LogP contribution is -2.53. The number of fused-ring (bicyclic) bond motifs is 2. The summed E-state index contributed by atoms with van der Waals surface area (Å²) < 4.78 is 7.82. The SMILES string of the molecule is Cc1nc2n(n1)CCN(C(=O)c1cc(-c3ccccc3Cl)oc1C)CCCC(=O)N1CCCC[C@H]1C(=O)N[C@@H]2Cc1ccccc1. The predicted molar refractivity (Wildman–Crippen MR) is 174 cm³/mol. The highest BCUT2D eigenvalue weighted by atomic mass is 35.5. The number of benzene rings is 2. The second-order valence-electron chi connectivity index (χ2n) is 12.0. The number of furan rings is 1. The number of nitrogens with one attached hydrogen (secondary N) is 1. The van der Waals surface area contributed by atoms with Gasteiger partial charge in [-0.2, -0.15) is 5.10 Å². The number of aryl methyl sites for hydroxylation is 2. The van der Waals surface area contributed by atoms with E-state index in [2.05, 4.69) is 10.4 Å². The molecule has 0 radical (unpaired) electrons. The number of hydrogen-bond donors (Lipinski definition) is 1. The van der Waals surface area contributed by atoms with Crippen molar-refractivity contribution in [3.63, 3.8) is 0 Å². The molecular weight excluding hydrogens is 604 g/mol. The van der Waals surface area contributed by atoms with Gasteiger partial charge in [-0.1, -0.05) is 54.1 Å². The maximum atomic E-state index is 14.1. The molecule has 6 rings (SSSR count). The van der Waals surface area contributed by atoms with Gasteiger partial charge in [-0.25, -0.2) is 9.67 Å². The maximum absolute atomic E-state index is 14.1. The standard InChI is InChI=1S/C35H39ClN6O4/c1-23-27(22-31(46-23)26-13-6-7-14-28(26)36)35(45)40-17-10-16-32(43)41-18-9-8-15-30(41)34(44)38-29(21-25-11-4-3-5-12-25)33-37-24(2)39-42(33)20-19-40/h3-7,11-14,22,29-30H,8-10,15-21H2,1-2H3,(H,38,44)/t29-,30+/m1/s1. The highest BCUT2D eigenvalue weighted by molar-refractivity contribution is 6.33. The van der Waals surface area contributed by atoms with E-state index in [4.69, 9.17) is 21.0 Å². The van der Waals surface area contributed by atoms with Crippen molar-refractivity contribution in [3.8, 4) is 11.3 Å². The molecule has 2 aliphatic heterocycles. The molecule has 3 amide bonds. The summed E-state index contributed by atoms with van der Waals surface area (Å²) in [6.07, 6.45) is 3.55. The van der Waals surface area contributed by atoms with Crippen LogP contribution in [0.3, 0.4) is 0 Å². The zero-order chi connectivity index (χ0) is 32.2. The smallest absolute Gasteiger partial charge is 0.257 e. The van der Waals surface area contributed by atoms with E-state index in [1.807, 2.05) is 55.5 Å². The first-order valence-electron chi connectivity index (χ1n) is 16.0. The molecule has 4 aromatic rings. The summed E-state index contributed by atoms with van der Waals surface area (Å²) >= 11 is 6.43. The van der Waals surface area contributed by atoms with Crippen molar-refractivity contribution in [3.05, 3.63) is 94.2 Å². The van der Waals surface area contributed by atoms with Crippen molar-refractivity contribution < 1.29 is 18.8 Å². The number of nitrogens with zero attached hydrogens (tertiary/aromatic N) is 5. The molecule has 2 aliphatic rings. The third-order valence-electron chi connectivity index (χ3n) is 8.82. The summed E-state index contributed by atoms with van der Waals surface area (Å²) in [5, 5.41) is 8.46. The van der Waals surface area contributed by atoms with Gasteiger partial charge in [0.15, 0.2) is 0 Å². The predicted octanol–water partition coefficient (Wildman–Crippen LogP) is 5.53. The zero-order valence-electron chi connectivity index (χ0n) is 26.2. The van der Waals surface area contributed by atoms with Gasteiger partial charge in [-0.05, 0) is 69.7 Å². The fraction of sp³-hybridized carbons (Fsp3) is 0.400. The normalized spacial score (nSPS) is 19.6. The maximum Gasteiger partial charge on any atom is 0.257 e. The van der Waals surface area contributed by atoms with Crippen molar-refractivity contribution in [1.82, 2.24) is 29.9 Å². The minimum Gasteiger partial charge on any atom is -0.460 e. The van der Waals surface area contributed by atoms with Crippen LogP contribution in [0.5, 0.6) is 0 Å². The molecule has 1 saturated heterocycles. The van der Waals surface area contributed by atoms with Crippen LogP contribution in [0, 0.1) is 13.8 Å². The van der Waals surface area contributed by atoms with Crippen LogP contribution in [0.25, 0.3) is 11.3 Å². The van der Waals surface area contributed by atoms with Gasteiger partial charge in [0.1, 0.15) is 29.2 Å². The molecule has 0 saturated carbocycles. The van der Waals surface area contributed by atoms with Crippen LogP contribution in [0.1, 0.15) is 71.5 Å². The second kappa shape index (κ2) is 13.9. The highest BCUT2D eigenvalue weighted by Gasteiger charge is 2.35. The molecule has 240 valence electrons. The molecule has 0 bridgehead atoms. The molecule has 11 heteroatoms. The molecule has 2 aromatic heterocycles. The number of rotatable bonds is 4. The van der Waals surface area contributed by atoms with E-state index in [1.54, 1.807) is 33.5 Å². The Labute approximate surface area is 273 Å². The molecule has 46 heavy (non-hydrogen) atoms. The van der Waals surface area contributed by atoms with Crippen molar-refractivity contribution in [2.75, 3.05) is 19.6 Å². The number of piperidine rings is 1. The fourth-order valence-electron chi connectivity index (χ4n) is 6.47. The first-order chi connectivity index (χ1) is 22.3. The minimum absolute atomic E-state index is 0.0663. The van der Waals surface area contributed by atoms with E-state index in [0.29, 0.717) is 84.8 Å². The molecule has 10 nitrogen and oxygen atoms in total. The van der Waals surface area contributed by atoms with Crippen LogP contribution >= 0.6 is 11.6 Å². The number of halogens is 1. The summed E-state index contributed by atoms with van der Waals surface area (Å²) in [6.45, 7) is 5.18. The Kier molecular flexibility index (Phi) is 9.53. The molecule has 2 atom stereocenters. The molecule has 4 heterocycles. The van der Waals surface area contributed by atoms with E-state index in [0.717, 1.165) is 18.4 Å². The van der Waals surface area contributed by atoms with Crippen molar-refractivity contribution in [2.24, 2.45) is 0 Å². The topological polar surface area (TPSA) is 114 Å².